The minimum atomic E-state index is -0.952. The Morgan fingerprint density at radius 2 is 1.75 bits per heavy atom. The largest absolute Gasteiger partial charge is 0.493 e. The second-order valence-corrected chi connectivity index (χ2v) is 9.85. The van der Waals surface area contributed by atoms with Crippen molar-refractivity contribution in [2.24, 2.45) is 10.8 Å². The Morgan fingerprint density at radius 3 is 2.40 bits per heavy atom. The number of hydrazone groups is 1. The van der Waals surface area contributed by atoms with Crippen LogP contribution < -0.4 is 25.9 Å². The molecule has 0 fully saturated rings. The summed E-state index contributed by atoms with van der Waals surface area (Å²) in [6, 6.07) is 21.8. The Morgan fingerprint density at radius 1 is 1.05 bits per heavy atom. The van der Waals surface area contributed by atoms with Crippen molar-refractivity contribution in [3.05, 3.63) is 105 Å². The van der Waals surface area contributed by atoms with Crippen molar-refractivity contribution in [1.82, 2.24) is 14.3 Å². The third-order valence-corrected chi connectivity index (χ3v) is 7.17. The number of halogens is 1. The summed E-state index contributed by atoms with van der Waals surface area (Å²) >= 11 is 6.14. The van der Waals surface area contributed by atoms with E-state index in [2.05, 4.69) is 5.10 Å². The lowest BCUT2D eigenvalue weighted by Crippen LogP contribution is -2.35. The van der Waals surface area contributed by atoms with Crippen LogP contribution in [0.25, 0.3) is 0 Å². The summed E-state index contributed by atoms with van der Waals surface area (Å²) in [5.74, 6) is 0.545. The van der Waals surface area contributed by atoms with Gasteiger partial charge < -0.3 is 15.2 Å². The monoisotopic (exact) mass is 560 g/mol. The van der Waals surface area contributed by atoms with Gasteiger partial charge in [-0.15, -0.1) is 5.10 Å². The molecule has 2 N–H and O–H groups in total. The zero-order valence-electron chi connectivity index (χ0n) is 22.3. The first-order chi connectivity index (χ1) is 19.3. The van der Waals surface area contributed by atoms with Crippen molar-refractivity contribution in [3.8, 4) is 11.5 Å². The number of primary amides is 1. The first kappa shape index (κ1) is 27.0. The van der Waals surface area contributed by atoms with Gasteiger partial charge in [0, 0.05) is 10.9 Å². The van der Waals surface area contributed by atoms with E-state index in [1.165, 1.54) is 9.25 Å². The number of hydrogen-bond acceptors (Lipinski definition) is 7. The molecule has 2 heterocycles. The number of methoxy groups -OCH3 is 2. The van der Waals surface area contributed by atoms with E-state index >= 15 is 0 Å². The highest BCUT2D eigenvalue weighted by Gasteiger charge is 2.34. The molecule has 0 saturated heterocycles. The van der Waals surface area contributed by atoms with Gasteiger partial charge in [0.2, 0.25) is 11.9 Å². The molecule has 2 atom stereocenters. The number of carbonyl (C=O) groups excluding carboxylic acids is 1. The molecule has 3 aromatic carbocycles. The van der Waals surface area contributed by atoms with Gasteiger partial charge in [-0.3, -0.25) is 4.79 Å². The van der Waals surface area contributed by atoms with Gasteiger partial charge in [0.1, 0.15) is 6.04 Å². The van der Waals surface area contributed by atoms with Crippen molar-refractivity contribution >= 4 is 29.2 Å². The minimum absolute atomic E-state index is 0.120. The van der Waals surface area contributed by atoms with Crippen LogP contribution in [0.4, 0.5) is 5.95 Å². The lowest BCUT2D eigenvalue weighted by atomic mass is 9.91. The van der Waals surface area contributed by atoms with Crippen LogP contribution in [0.3, 0.4) is 0 Å². The Balaban J connectivity index is 1.59. The zero-order chi connectivity index (χ0) is 28.4. The Hall–Kier alpha value is -4.57. The summed E-state index contributed by atoms with van der Waals surface area (Å²) < 4.78 is 13.3. The van der Waals surface area contributed by atoms with Crippen LogP contribution in [-0.4, -0.2) is 46.7 Å². The lowest BCUT2D eigenvalue weighted by Gasteiger charge is -2.18. The number of nitrogens with two attached hydrogens (primary N) is 1. The molecule has 40 heavy (non-hydrogen) atoms. The second-order valence-electron chi connectivity index (χ2n) is 9.42. The molecule has 10 nitrogen and oxygen atoms in total. The van der Waals surface area contributed by atoms with Gasteiger partial charge in [-0.2, -0.15) is 5.10 Å². The quantitative estimate of drug-likeness (QED) is 0.333. The summed E-state index contributed by atoms with van der Waals surface area (Å²) in [5.41, 5.74) is 8.67. The fraction of sp³-hybridized carbons (Fsp3) is 0.241. The van der Waals surface area contributed by atoms with Gasteiger partial charge in [-0.1, -0.05) is 60.1 Å². The maximum Gasteiger partial charge on any atom is 0.348 e. The third kappa shape index (κ3) is 5.17. The first-order valence-electron chi connectivity index (χ1n) is 12.7. The zero-order valence-corrected chi connectivity index (χ0v) is 23.1. The van der Waals surface area contributed by atoms with E-state index < -0.39 is 17.6 Å². The van der Waals surface area contributed by atoms with Crippen LogP contribution in [0.1, 0.15) is 35.6 Å². The van der Waals surface area contributed by atoms with Crippen LogP contribution in [0, 0.1) is 0 Å². The van der Waals surface area contributed by atoms with Crippen LogP contribution in [0.2, 0.25) is 5.02 Å². The average molecular weight is 561 g/mol. The van der Waals surface area contributed by atoms with Crippen molar-refractivity contribution in [3.63, 3.8) is 0 Å². The molecule has 206 valence electrons. The number of hydrogen-bond donors (Lipinski definition) is 1. The van der Waals surface area contributed by atoms with Crippen LogP contribution >= 0.6 is 11.6 Å². The van der Waals surface area contributed by atoms with E-state index in [-0.39, 0.29) is 18.4 Å². The predicted molar refractivity (Wildman–Crippen MR) is 154 cm³/mol. The van der Waals surface area contributed by atoms with Gasteiger partial charge in [0.05, 0.1) is 33.0 Å². The smallest absolute Gasteiger partial charge is 0.348 e. The van der Waals surface area contributed by atoms with Crippen molar-refractivity contribution < 1.29 is 14.3 Å². The number of rotatable bonds is 9. The molecular weight excluding hydrogens is 532 g/mol. The van der Waals surface area contributed by atoms with Gasteiger partial charge >= 0.3 is 5.69 Å². The number of carbonyl (C=O) groups is 1. The highest BCUT2D eigenvalue weighted by atomic mass is 35.5. The molecule has 1 amide bonds. The van der Waals surface area contributed by atoms with E-state index in [0.717, 1.165) is 22.4 Å². The fourth-order valence-electron chi connectivity index (χ4n) is 4.76. The Labute approximate surface area is 236 Å². The minimum Gasteiger partial charge on any atom is -0.493 e. The first-order valence-corrected chi connectivity index (χ1v) is 13.0. The molecule has 1 unspecified atom stereocenters. The van der Waals surface area contributed by atoms with Crippen molar-refractivity contribution in [2.45, 2.75) is 25.4 Å². The molecular formula is C29H29ClN6O4. The number of anilines is 1. The Kier molecular flexibility index (Phi) is 7.61. The van der Waals surface area contributed by atoms with Crippen molar-refractivity contribution in [1.29, 1.82) is 0 Å². The van der Waals surface area contributed by atoms with Crippen molar-refractivity contribution in [2.75, 3.05) is 25.8 Å². The molecule has 0 radical (unpaired) electrons. The summed E-state index contributed by atoms with van der Waals surface area (Å²) in [6.45, 7) is 2.11. The predicted octanol–water partition coefficient (Wildman–Crippen LogP) is 3.82. The Bertz CT molecular complexity index is 1610. The summed E-state index contributed by atoms with van der Waals surface area (Å²) in [4.78, 5) is 25.9. The molecule has 1 aliphatic heterocycles. The molecule has 0 aliphatic carbocycles. The summed E-state index contributed by atoms with van der Waals surface area (Å²) in [6.07, 6.45) is 0. The molecule has 1 aromatic heterocycles. The van der Waals surface area contributed by atoms with Gasteiger partial charge in [-0.25, -0.2) is 19.1 Å². The molecule has 1 aliphatic rings. The molecule has 0 bridgehead atoms. The lowest BCUT2D eigenvalue weighted by molar-refractivity contribution is -0.120. The standard InChI is InChI=1S/C29H29ClN6O4/c1-18(27(31)37)36-28(33-35(29(36)38)16-19-9-14-24(39-2)25(15-19)40-3)34-17-23(20-7-5-4-6-8-20)26(32-34)21-10-12-22(30)13-11-21/h4-15,18,23H,16-17H2,1-3H3,(H2,31,37)/t18-,23?/m1/s1. The van der Waals surface area contributed by atoms with Gasteiger partial charge in [0.15, 0.2) is 11.5 Å². The van der Waals surface area contributed by atoms with Crippen LogP contribution in [-0.2, 0) is 11.3 Å². The molecule has 5 rings (SSSR count). The fourth-order valence-corrected chi connectivity index (χ4v) is 4.89. The van der Waals surface area contributed by atoms with E-state index in [1.807, 2.05) is 60.7 Å². The van der Waals surface area contributed by atoms with Gasteiger partial charge in [0.25, 0.3) is 0 Å². The number of benzene rings is 3. The second kappa shape index (κ2) is 11.3. The van der Waals surface area contributed by atoms with E-state index in [1.54, 1.807) is 38.3 Å². The van der Waals surface area contributed by atoms with Crippen LogP contribution in [0.15, 0.2) is 82.7 Å². The SMILES string of the molecule is COc1ccc(Cn2nc(N3CC(c4ccccc4)C(c4ccc(Cl)cc4)=N3)n([C@H](C)C(N)=O)c2=O)cc1OC. The van der Waals surface area contributed by atoms with E-state index in [4.69, 9.17) is 31.9 Å². The maximum atomic E-state index is 13.6. The number of ether oxygens (including phenoxy) is 2. The summed E-state index contributed by atoms with van der Waals surface area (Å²) in [7, 11) is 3.10. The molecule has 11 heteroatoms. The highest BCUT2D eigenvalue weighted by Crippen LogP contribution is 2.32. The van der Waals surface area contributed by atoms with Crippen LogP contribution in [0.5, 0.6) is 11.5 Å². The summed E-state index contributed by atoms with van der Waals surface area (Å²) in [5, 5.41) is 11.8. The average Bonchev–Trinajstić information content (AvgIpc) is 3.55. The molecule has 0 spiro atoms. The molecule has 0 saturated carbocycles. The number of aromatic nitrogens is 3. The highest BCUT2D eigenvalue weighted by molar-refractivity contribution is 6.30. The number of nitrogens with zero attached hydrogens (tertiary/aromatic N) is 5. The third-order valence-electron chi connectivity index (χ3n) is 6.92. The van der Waals surface area contributed by atoms with E-state index in [9.17, 15) is 9.59 Å². The number of amides is 1. The maximum absolute atomic E-state index is 13.6. The topological polar surface area (TPSA) is 117 Å². The normalized spacial score (nSPS) is 15.6. The molecule has 4 aromatic rings. The van der Waals surface area contributed by atoms with E-state index in [0.29, 0.717) is 23.1 Å². The van der Waals surface area contributed by atoms with Gasteiger partial charge in [-0.05, 0) is 47.9 Å².